The molecular formula is C24H19Cl2FN2O2. The summed E-state index contributed by atoms with van der Waals surface area (Å²) < 4.78 is 13.7. The lowest BCUT2D eigenvalue weighted by Crippen LogP contribution is -2.37. The van der Waals surface area contributed by atoms with Crippen LogP contribution in [-0.2, 0) is 11.4 Å². The predicted molar refractivity (Wildman–Crippen MR) is 120 cm³/mol. The fourth-order valence-corrected chi connectivity index (χ4v) is 3.80. The number of benzene rings is 3. The lowest BCUT2D eigenvalue weighted by Gasteiger charge is -2.25. The number of amides is 1. The highest BCUT2D eigenvalue weighted by Crippen LogP contribution is 2.22. The Balaban J connectivity index is 1.52. The summed E-state index contributed by atoms with van der Waals surface area (Å²) in [5, 5.41) is 5.42. The number of rotatable bonds is 6. The molecule has 0 saturated carbocycles. The Bertz CT molecular complexity index is 1120. The maximum absolute atomic E-state index is 13.7. The smallest absolute Gasteiger partial charge is 0.254 e. The molecule has 4 nitrogen and oxygen atoms in total. The Morgan fingerprint density at radius 2 is 1.81 bits per heavy atom. The number of hydrogen-bond donors (Lipinski definition) is 0. The highest BCUT2D eigenvalue weighted by atomic mass is 35.5. The van der Waals surface area contributed by atoms with E-state index in [4.69, 9.17) is 28.0 Å². The fraction of sp³-hybridized carbons (Fsp3) is 0.167. The molecule has 1 aliphatic heterocycles. The summed E-state index contributed by atoms with van der Waals surface area (Å²) in [6, 6.07) is 20.3. The molecule has 0 aliphatic carbocycles. The number of oxime groups is 1. The molecule has 0 fully saturated rings. The van der Waals surface area contributed by atoms with Crippen LogP contribution in [0.1, 0.15) is 27.9 Å². The van der Waals surface area contributed by atoms with Gasteiger partial charge in [-0.3, -0.25) is 4.79 Å². The van der Waals surface area contributed by atoms with Crippen molar-refractivity contribution in [1.29, 1.82) is 0 Å². The SMILES string of the molecule is O=C(c1cccc(F)c1)N(Cc1cccc(Cl)c1)CC1CC(c2ccc(Cl)cc2)=NO1. The molecular weight excluding hydrogens is 438 g/mol. The third-order valence-corrected chi connectivity index (χ3v) is 5.44. The molecule has 0 aromatic heterocycles. The standard InChI is InChI=1S/C24H19Cl2FN2O2/c25-19-9-7-17(8-10-19)23-13-22(31-28-23)15-29(14-16-3-1-5-20(26)11-16)24(30)18-4-2-6-21(27)12-18/h1-12,22H,13-15H2. The molecule has 0 N–H and O–H groups in total. The van der Waals surface area contributed by atoms with E-state index >= 15 is 0 Å². The molecule has 0 bridgehead atoms. The van der Waals surface area contributed by atoms with E-state index in [0.29, 0.717) is 29.6 Å². The van der Waals surface area contributed by atoms with Gasteiger partial charge in [0.15, 0.2) is 6.10 Å². The van der Waals surface area contributed by atoms with Crippen LogP contribution in [0, 0.1) is 5.82 Å². The minimum Gasteiger partial charge on any atom is -0.390 e. The predicted octanol–water partition coefficient (Wildman–Crippen LogP) is 5.97. The Morgan fingerprint density at radius 1 is 1.03 bits per heavy atom. The second kappa shape index (κ2) is 9.50. The van der Waals surface area contributed by atoms with Gasteiger partial charge in [0.25, 0.3) is 5.91 Å². The average Bonchev–Trinajstić information content (AvgIpc) is 3.22. The van der Waals surface area contributed by atoms with Gasteiger partial charge in [-0.15, -0.1) is 0 Å². The highest BCUT2D eigenvalue weighted by molar-refractivity contribution is 6.31. The maximum atomic E-state index is 13.7. The van der Waals surface area contributed by atoms with Crippen LogP contribution in [0.4, 0.5) is 4.39 Å². The summed E-state index contributed by atoms with van der Waals surface area (Å²) >= 11 is 12.1. The number of halogens is 3. The van der Waals surface area contributed by atoms with Crippen LogP contribution in [0.2, 0.25) is 10.0 Å². The quantitative estimate of drug-likeness (QED) is 0.458. The topological polar surface area (TPSA) is 41.9 Å². The molecule has 4 rings (SSSR count). The van der Waals surface area contributed by atoms with Crippen molar-refractivity contribution in [3.05, 3.63) is 105 Å². The third kappa shape index (κ3) is 5.43. The number of hydrogen-bond acceptors (Lipinski definition) is 3. The van der Waals surface area contributed by atoms with Crippen molar-refractivity contribution in [2.45, 2.75) is 19.1 Å². The molecule has 0 spiro atoms. The zero-order valence-corrected chi connectivity index (χ0v) is 18.0. The van der Waals surface area contributed by atoms with E-state index in [1.807, 2.05) is 24.3 Å². The van der Waals surface area contributed by atoms with Gasteiger partial charge < -0.3 is 9.74 Å². The van der Waals surface area contributed by atoms with Crippen LogP contribution >= 0.6 is 23.2 Å². The maximum Gasteiger partial charge on any atom is 0.254 e. The van der Waals surface area contributed by atoms with Crippen molar-refractivity contribution in [2.24, 2.45) is 5.16 Å². The lowest BCUT2D eigenvalue weighted by atomic mass is 10.0. The van der Waals surface area contributed by atoms with E-state index < -0.39 is 5.82 Å². The van der Waals surface area contributed by atoms with E-state index in [2.05, 4.69) is 5.16 Å². The minimum absolute atomic E-state index is 0.277. The van der Waals surface area contributed by atoms with Gasteiger partial charge in [-0.1, -0.05) is 58.7 Å². The minimum atomic E-state index is -0.459. The van der Waals surface area contributed by atoms with Crippen LogP contribution in [0.25, 0.3) is 0 Å². The fourth-order valence-electron chi connectivity index (χ4n) is 3.46. The highest BCUT2D eigenvalue weighted by Gasteiger charge is 2.27. The third-order valence-electron chi connectivity index (χ3n) is 4.96. The molecule has 1 atom stereocenters. The van der Waals surface area contributed by atoms with Crippen LogP contribution < -0.4 is 0 Å². The monoisotopic (exact) mass is 456 g/mol. The van der Waals surface area contributed by atoms with E-state index in [1.54, 1.807) is 35.2 Å². The molecule has 1 heterocycles. The zero-order valence-electron chi connectivity index (χ0n) is 16.5. The Labute approximate surface area is 189 Å². The van der Waals surface area contributed by atoms with E-state index in [-0.39, 0.29) is 17.6 Å². The van der Waals surface area contributed by atoms with E-state index in [9.17, 15) is 9.18 Å². The molecule has 7 heteroatoms. The van der Waals surface area contributed by atoms with Gasteiger partial charge in [0, 0.05) is 28.6 Å². The second-order valence-electron chi connectivity index (χ2n) is 7.30. The summed E-state index contributed by atoms with van der Waals surface area (Å²) in [6.45, 7) is 0.606. The van der Waals surface area contributed by atoms with Crippen LogP contribution in [0.5, 0.6) is 0 Å². The first-order valence-corrected chi connectivity index (χ1v) is 10.5. The van der Waals surface area contributed by atoms with E-state index in [1.165, 1.54) is 18.2 Å². The van der Waals surface area contributed by atoms with Gasteiger partial charge >= 0.3 is 0 Å². The molecule has 158 valence electrons. The molecule has 3 aromatic rings. The molecule has 31 heavy (non-hydrogen) atoms. The van der Waals surface area contributed by atoms with Gasteiger partial charge in [-0.05, 0) is 53.6 Å². The van der Waals surface area contributed by atoms with Gasteiger partial charge in [0.05, 0.1) is 12.3 Å². The molecule has 3 aromatic carbocycles. The first-order chi connectivity index (χ1) is 15.0. The summed E-state index contributed by atoms with van der Waals surface area (Å²) in [5.41, 5.74) is 2.86. The molecule has 1 unspecified atom stereocenters. The Hall–Kier alpha value is -2.89. The summed E-state index contributed by atoms with van der Waals surface area (Å²) in [5.74, 6) is -0.748. The molecule has 1 aliphatic rings. The van der Waals surface area contributed by atoms with Crippen molar-refractivity contribution in [2.75, 3.05) is 6.54 Å². The summed E-state index contributed by atoms with van der Waals surface area (Å²) in [4.78, 5) is 20.4. The van der Waals surface area contributed by atoms with Gasteiger partial charge in [0.1, 0.15) is 5.82 Å². The van der Waals surface area contributed by atoms with Crippen molar-refractivity contribution < 1.29 is 14.0 Å². The summed E-state index contributed by atoms with van der Waals surface area (Å²) in [6.07, 6.45) is 0.228. The Kier molecular flexibility index (Phi) is 6.54. The first kappa shape index (κ1) is 21.3. The van der Waals surface area contributed by atoms with Crippen LogP contribution in [-0.4, -0.2) is 29.2 Å². The van der Waals surface area contributed by atoms with Crippen molar-refractivity contribution in [3.8, 4) is 0 Å². The van der Waals surface area contributed by atoms with Crippen LogP contribution in [0.3, 0.4) is 0 Å². The summed E-state index contributed by atoms with van der Waals surface area (Å²) in [7, 11) is 0. The molecule has 0 saturated heterocycles. The molecule has 1 amide bonds. The number of nitrogens with zero attached hydrogens (tertiary/aromatic N) is 2. The van der Waals surface area contributed by atoms with Crippen molar-refractivity contribution in [1.82, 2.24) is 4.90 Å². The average molecular weight is 457 g/mol. The number of carbonyl (C=O) groups is 1. The van der Waals surface area contributed by atoms with E-state index in [0.717, 1.165) is 16.8 Å². The van der Waals surface area contributed by atoms with Gasteiger partial charge in [0.2, 0.25) is 0 Å². The van der Waals surface area contributed by atoms with Crippen LogP contribution in [0.15, 0.2) is 78.0 Å². The lowest BCUT2D eigenvalue weighted by molar-refractivity contribution is 0.0405. The van der Waals surface area contributed by atoms with Crippen molar-refractivity contribution >= 4 is 34.8 Å². The second-order valence-corrected chi connectivity index (χ2v) is 8.18. The first-order valence-electron chi connectivity index (χ1n) is 9.76. The number of carbonyl (C=O) groups excluding carboxylic acids is 1. The molecule has 0 radical (unpaired) electrons. The van der Waals surface area contributed by atoms with Gasteiger partial charge in [-0.25, -0.2) is 4.39 Å². The normalized spacial score (nSPS) is 15.3. The largest absolute Gasteiger partial charge is 0.390 e. The zero-order chi connectivity index (χ0) is 21.8. The van der Waals surface area contributed by atoms with Gasteiger partial charge in [-0.2, -0.15) is 0 Å². The van der Waals surface area contributed by atoms with Crippen molar-refractivity contribution in [3.63, 3.8) is 0 Å². The Morgan fingerprint density at radius 3 is 2.55 bits per heavy atom.